The fourth-order valence-electron chi connectivity index (χ4n) is 2.28. The summed E-state index contributed by atoms with van der Waals surface area (Å²) in [6, 6.07) is 0. The molecule has 2 aliphatic heterocycles. The lowest BCUT2D eigenvalue weighted by Gasteiger charge is -2.27. The van der Waals surface area contributed by atoms with E-state index in [1.165, 1.54) is 13.3 Å². The zero-order valence-corrected chi connectivity index (χ0v) is 12.8. The van der Waals surface area contributed by atoms with E-state index in [4.69, 9.17) is 11.6 Å². The predicted molar refractivity (Wildman–Crippen MR) is 88.1 cm³/mol. The highest BCUT2D eigenvalue weighted by Crippen LogP contribution is 2.23. The third-order valence-corrected chi connectivity index (χ3v) is 3.45. The Kier molecular flexibility index (Phi) is 4.95. The zero-order chi connectivity index (χ0) is 16.1. The molecule has 0 saturated heterocycles. The number of allylic oxidation sites excluding steroid dienone is 8. The van der Waals surface area contributed by atoms with Crippen LogP contribution in [-0.4, -0.2) is 23.7 Å². The molecule has 2 bridgehead atoms. The Bertz CT molecular complexity index is 645. The van der Waals surface area contributed by atoms with Crippen molar-refractivity contribution < 1.29 is 4.79 Å². The number of fused-ring (bicyclic) bond motifs is 4. The molecule has 0 radical (unpaired) electrons. The van der Waals surface area contributed by atoms with E-state index in [0.717, 1.165) is 17.0 Å². The Balaban J connectivity index is 2.69. The molecule has 0 aromatic carbocycles. The van der Waals surface area contributed by atoms with Gasteiger partial charge in [-0.1, -0.05) is 24.3 Å². The van der Waals surface area contributed by atoms with Crippen molar-refractivity contribution in [2.45, 2.75) is 20.3 Å². The van der Waals surface area contributed by atoms with Crippen LogP contribution in [0.5, 0.6) is 0 Å². The van der Waals surface area contributed by atoms with Crippen molar-refractivity contribution in [2.24, 2.45) is 16.6 Å². The molecule has 2 aliphatic rings. The molecular weight excluding hydrogens is 278 g/mol. The molecule has 0 spiro atoms. The monoisotopic (exact) mass is 299 g/mol. The van der Waals surface area contributed by atoms with Crippen molar-refractivity contribution in [1.82, 2.24) is 10.3 Å². The molecule has 0 amide bonds. The van der Waals surface area contributed by atoms with Gasteiger partial charge in [-0.25, -0.2) is 5.84 Å². The molecule has 5 N–H and O–H groups in total. The van der Waals surface area contributed by atoms with Crippen LogP contribution in [0, 0.1) is 0 Å². The number of hydrazine groups is 1. The van der Waals surface area contributed by atoms with Gasteiger partial charge in [0.05, 0.1) is 30.0 Å². The van der Waals surface area contributed by atoms with Crippen molar-refractivity contribution >= 4 is 12.1 Å². The maximum Gasteiger partial charge on any atom is 0.176 e. The van der Waals surface area contributed by atoms with Crippen molar-refractivity contribution in [3.8, 4) is 0 Å². The Morgan fingerprint density at radius 3 is 2.77 bits per heavy atom. The fourth-order valence-corrected chi connectivity index (χ4v) is 2.28. The van der Waals surface area contributed by atoms with Gasteiger partial charge in [0.25, 0.3) is 0 Å². The van der Waals surface area contributed by atoms with Gasteiger partial charge in [0, 0.05) is 19.0 Å². The Labute approximate surface area is 130 Å². The summed E-state index contributed by atoms with van der Waals surface area (Å²) in [7, 11) is 0. The number of Topliss-reactive ketones (excluding diaryl/α,β-unsaturated/α-hetero) is 1. The molecule has 0 aromatic rings. The Morgan fingerprint density at radius 2 is 2.09 bits per heavy atom. The van der Waals surface area contributed by atoms with Gasteiger partial charge < -0.3 is 11.1 Å². The number of ketones is 1. The van der Waals surface area contributed by atoms with E-state index >= 15 is 0 Å². The molecule has 0 aromatic heterocycles. The van der Waals surface area contributed by atoms with Crippen LogP contribution in [0.4, 0.5) is 0 Å². The van der Waals surface area contributed by atoms with Gasteiger partial charge in [0.2, 0.25) is 0 Å². The first-order chi connectivity index (χ1) is 10.5. The van der Waals surface area contributed by atoms with Crippen molar-refractivity contribution in [3.63, 3.8) is 0 Å². The summed E-state index contributed by atoms with van der Waals surface area (Å²) in [6.07, 6.45) is 11.4. The molecule has 0 unspecified atom stereocenters. The Hall–Kier alpha value is -2.60. The minimum atomic E-state index is -0.0685. The predicted octanol–water partition coefficient (Wildman–Crippen LogP) is 1.23. The highest BCUT2D eigenvalue weighted by molar-refractivity contribution is 5.96. The molecule has 0 fully saturated rings. The fraction of sp³-hybridized carbons (Fsp3) is 0.250. The average Bonchev–Trinajstić information content (AvgIpc) is 2.45. The summed E-state index contributed by atoms with van der Waals surface area (Å²) < 4.78 is 0. The summed E-state index contributed by atoms with van der Waals surface area (Å²) in [5.41, 5.74) is 9.48. The molecular formula is C16H21N5O. The molecule has 0 aliphatic carbocycles. The SMILES string of the molecule is CC(=O)/C1=C2/C=C/C=C/C=C(\CN=CN1)N(N)/C(=C(/C)N)C2. The molecule has 22 heavy (non-hydrogen) atoms. The molecule has 116 valence electrons. The second kappa shape index (κ2) is 6.91. The van der Waals surface area contributed by atoms with E-state index < -0.39 is 0 Å². The normalized spacial score (nSPS) is 29.4. The highest BCUT2D eigenvalue weighted by Gasteiger charge is 2.18. The number of rotatable bonds is 1. The number of nitrogens with two attached hydrogens (primary N) is 2. The van der Waals surface area contributed by atoms with E-state index in [1.807, 2.05) is 30.4 Å². The van der Waals surface area contributed by atoms with Crippen LogP contribution in [0.15, 0.2) is 63.7 Å². The number of aliphatic imine (C=N–C) groups is 1. The van der Waals surface area contributed by atoms with Gasteiger partial charge in [-0.3, -0.25) is 14.8 Å². The van der Waals surface area contributed by atoms with Gasteiger partial charge in [-0.2, -0.15) is 0 Å². The minimum absolute atomic E-state index is 0.0685. The Morgan fingerprint density at radius 1 is 1.32 bits per heavy atom. The molecule has 2 heterocycles. The smallest absolute Gasteiger partial charge is 0.176 e. The number of nitrogens with one attached hydrogen (secondary N) is 1. The number of nitrogens with zero attached hydrogens (tertiary/aromatic N) is 2. The second-order valence-corrected chi connectivity index (χ2v) is 5.15. The van der Waals surface area contributed by atoms with Crippen LogP contribution in [0.2, 0.25) is 0 Å². The molecule has 6 nitrogen and oxygen atoms in total. The van der Waals surface area contributed by atoms with Gasteiger partial charge >= 0.3 is 0 Å². The van der Waals surface area contributed by atoms with Crippen molar-refractivity contribution in [1.29, 1.82) is 0 Å². The molecule has 0 atom stereocenters. The van der Waals surface area contributed by atoms with Gasteiger partial charge in [0.15, 0.2) is 5.78 Å². The van der Waals surface area contributed by atoms with Crippen LogP contribution in [0.25, 0.3) is 0 Å². The maximum atomic E-state index is 11.9. The molecule has 0 saturated carbocycles. The first-order valence-electron chi connectivity index (χ1n) is 7.03. The summed E-state index contributed by atoms with van der Waals surface area (Å²) in [6.45, 7) is 3.70. The van der Waals surface area contributed by atoms with Crippen LogP contribution < -0.4 is 16.9 Å². The third-order valence-electron chi connectivity index (χ3n) is 3.45. The molecule has 2 rings (SSSR count). The number of hydrogen-bond donors (Lipinski definition) is 3. The first kappa shape index (κ1) is 15.8. The largest absolute Gasteiger partial charge is 0.401 e. The molecule has 6 heteroatoms. The highest BCUT2D eigenvalue weighted by atomic mass is 16.1. The van der Waals surface area contributed by atoms with Crippen LogP contribution in [0.1, 0.15) is 20.3 Å². The first-order valence-corrected chi connectivity index (χ1v) is 7.03. The van der Waals surface area contributed by atoms with Gasteiger partial charge in [-0.15, -0.1) is 0 Å². The summed E-state index contributed by atoms with van der Waals surface area (Å²) >= 11 is 0. The standard InChI is InChI=1S/C16H21N5O/c1-11(17)15-8-13-6-4-3-5-7-14(21(15)18)9-19-10-20-16(13)12(2)22/h3-7,10H,8-9,17-18H2,1-2H3,(H,19,20)/b5-3+,6-4+,14-7+,15-11-,16-13+. The topological polar surface area (TPSA) is 96.7 Å². The van der Waals surface area contributed by atoms with Gasteiger partial charge in [0.1, 0.15) is 0 Å². The lowest BCUT2D eigenvalue weighted by molar-refractivity contribution is -0.113. The van der Waals surface area contributed by atoms with E-state index in [0.29, 0.717) is 24.4 Å². The lowest BCUT2D eigenvalue weighted by atomic mass is 10.0. The van der Waals surface area contributed by atoms with E-state index in [2.05, 4.69) is 10.3 Å². The summed E-state index contributed by atoms with van der Waals surface area (Å²) in [5.74, 6) is 6.16. The quantitative estimate of drug-likeness (QED) is 0.633. The number of carbonyl (C=O) groups is 1. The zero-order valence-electron chi connectivity index (χ0n) is 12.8. The van der Waals surface area contributed by atoms with E-state index in [-0.39, 0.29) is 5.78 Å². The average molecular weight is 299 g/mol. The minimum Gasteiger partial charge on any atom is -0.401 e. The van der Waals surface area contributed by atoms with E-state index in [1.54, 1.807) is 11.9 Å². The van der Waals surface area contributed by atoms with Gasteiger partial charge in [-0.05, 0) is 18.6 Å². The summed E-state index contributed by atoms with van der Waals surface area (Å²) in [4.78, 5) is 16.2. The third kappa shape index (κ3) is 3.53. The summed E-state index contributed by atoms with van der Waals surface area (Å²) in [5, 5.41) is 4.53. The number of carbonyl (C=O) groups excluding carboxylic acids is 1. The van der Waals surface area contributed by atoms with Crippen LogP contribution in [0.3, 0.4) is 0 Å². The van der Waals surface area contributed by atoms with Crippen LogP contribution in [-0.2, 0) is 4.79 Å². The van der Waals surface area contributed by atoms with Crippen molar-refractivity contribution in [2.75, 3.05) is 6.54 Å². The maximum absolute atomic E-state index is 11.9. The second-order valence-electron chi connectivity index (χ2n) is 5.15. The van der Waals surface area contributed by atoms with Crippen LogP contribution >= 0.6 is 0 Å². The van der Waals surface area contributed by atoms with E-state index in [9.17, 15) is 4.79 Å². The van der Waals surface area contributed by atoms with Crippen molar-refractivity contribution in [3.05, 3.63) is 58.7 Å². The lowest BCUT2D eigenvalue weighted by Crippen LogP contribution is -2.34. The number of hydrogen-bond acceptors (Lipinski definition) is 6.